The second kappa shape index (κ2) is 12.7. The van der Waals surface area contributed by atoms with E-state index < -0.39 is 54.8 Å². The predicted octanol–water partition coefficient (Wildman–Crippen LogP) is -2.07. The van der Waals surface area contributed by atoms with Gasteiger partial charge in [-0.1, -0.05) is 27.7 Å². The lowest BCUT2D eigenvalue weighted by Crippen LogP contribution is -2.56. The lowest BCUT2D eigenvalue weighted by Gasteiger charge is -2.26. The average Bonchev–Trinajstić information content (AvgIpc) is 2.60. The van der Waals surface area contributed by atoms with E-state index in [1.165, 1.54) is 0 Å². The molecule has 0 rings (SSSR count). The second-order valence-corrected chi connectivity index (χ2v) is 7.07. The number of rotatable bonds is 12. The van der Waals surface area contributed by atoms with Gasteiger partial charge in [0.15, 0.2) is 0 Å². The lowest BCUT2D eigenvalue weighted by molar-refractivity contribution is -0.138. The summed E-state index contributed by atoms with van der Waals surface area (Å²) in [6.07, 6.45) is 0.309. The van der Waals surface area contributed by atoms with Crippen LogP contribution in [-0.4, -0.2) is 66.4 Å². The Bertz CT molecular complexity index is 578. The SMILES string of the molecule is CC(C)CC(NC(=O)C(NC(=O)CN)C(C)C)C(=O)NCC(=O)NCC(=O)O. The molecule has 11 nitrogen and oxygen atoms in total. The zero-order chi connectivity index (χ0) is 21.9. The molecule has 0 aliphatic rings. The van der Waals surface area contributed by atoms with Gasteiger partial charge in [0.05, 0.1) is 13.1 Å². The summed E-state index contributed by atoms with van der Waals surface area (Å²) in [6.45, 7) is 5.96. The first-order chi connectivity index (χ1) is 13.0. The van der Waals surface area contributed by atoms with Crippen molar-refractivity contribution < 1.29 is 29.1 Å². The van der Waals surface area contributed by atoms with Crippen molar-refractivity contribution >= 4 is 29.6 Å². The van der Waals surface area contributed by atoms with Crippen molar-refractivity contribution in [3.05, 3.63) is 0 Å². The van der Waals surface area contributed by atoms with E-state index in [2.05, 4.69) is 21.3 Å². The van der Waals surface area contributed by atoms with Crippen molar-refractivity contribution in [1.29, 1.82) is 0 Å². The number of aliphatic carboxylic acids is 1. The maximum absolute atomic E-state index is 12.6. The molecular formula is C17H31N5O6. The minimum Gasteiger partial charge on any atom is -0.480 e. The van der Waals surface area contributed by atoms with Crippen molar-refractivity contribution in [3.8, 4) is 0 Å². The molecule has 0 saturated heterocycles. The fourth-order valence-corrected chi connectivity index (χ4v) is 2.26. The molecule has 0 saturated carbocycles. The molecule has 0 aliphatic heterocycles. The van der Waals surface area contributed by atoms with Crippen molar-refractivity contribution in [1.82, 2.24) is 21.3 Å². The number of hydrogen-bond acceptors (Lipinski definition) is 6. The predicted molar refractivity (Wildman–Crippen MR) is 101 cm³/mol. The molecular weight excluding hydrogens is 370 g/mol. The van der Waals surface area contributed by atoms with Crippen LogP contribution in [0.5, 0.6) is 0 Å². The van der Waals surface area contributed by atoms with Gasteiger partial charge in [0, 0.05) is 0 Å². The zero-order valence-electron chi connectivity index (χ0n) is 16.7. The minimum atomic E-state index is -1.20. The highest BCUT2D eigenvalue weighted by molar-refractivity contribution is 5.94. The summed E-state index contributed by atoms with van der Waals surface area (Å²) in [5, 5.41) is 18.1. The monoisotopic (exact) mass is 401 g/mol. The third-order valence-electron chi connectivity index (χ3n) is 3.65. The van der Waals surface area contributed by atoms with E-state index in [1.54, 1.807) is 13.8 Å². The van der Waals surface area contributed by atoms with Gasteiger partial charge in [0.1, 0.15) is 18.6 Å². The summed E-state index contributed by atoms with van der Waals surface area (Å²) in [7, 11) is 0. The van der Waals surface area contributed by atoms with Crippen molar-refractivity contribution in [2.75, 3.05) is 19.6 Å². The van der Waals surface area contributed by atoms with Crippen molar-refractivity contribution in [2.45, 2.75) is 46.2 Å². The summed E-state index contributed by atoms with van der Waals surface area (Å²) >= 11 is 0. The Kier molecular flexibility index (Phi) is 11.4. The van der Waals surface area contributed by atoms with E-state index in [9.17, 15) is 24.0 Å². The van der Waals surface area contributed by atoms with E-state index in [-0.39, 0.29) is 18.4 Å². The molecule has 4 amide bonds. The Balaban J connectivity index is 4.96. The fraction of sp³-hybridized carbons (Fsp3) is 0.706. The Hall–Kier alpha value is -2.69. The second-order valence-electron chi connectivity index (χ2n) is 7.07. The number of amides is 4. The lowest BCUT2D eigenvalue weighted by atomic mass is 10.00. The minimum absolute atomic E-state index is 0.0630. The molecule has 0 spiro atoms. The maximum Gasteiger partial charge on any atom is 0.322 e. The van der Waals surface area contributed by atoms with Gasteiger partial charge in [-0.25, -0.2) is 0 Å². The number of hydrogen-bond donors (Lipinski definition) is 6. The molecule has 0 aromatic heterocycles. The topological polar surface area (TPSA) is 180 Å². The number of nitrogens with one attached hydrogen (secondary N) is 4. The van der Waals surface area contributed by atoms with Crippen LogP contribution in [0.4, 0.5) is 0 Å². The van der Waals surface area contributed by atoms with Gasteiger partial charge in [-0.05, 0) is 18.3 Å². The van der Waals surface area contributed by atoms with Crippen LogP contribution in [-0.2, 0) is 24.0 Å². The maximum atomic E-state index is 12.6. The summed E-state index contributed by atoms with van der Waals surface area (Å²) < 4.78 is 0. The molecule has 0 bridgehead atoms. The van der Waals surface area contributed by atoms with E-state index in [0.717, 1.165) is 0 Å². The zero-order valence-corrected chi connectivity index (χ0v) is 16.7. The molecule has 11 heteroatoms. The molecule has 0 heterocycles. The standard InChI is InChI=1S/C17H31N5O6/c1-9(2)5-11(16(27)20-7-13(24)19-8-14(25)26)21-17(28)15(10(3)4)22-12(23)6-18/h9-11,15H,5-8,18H2,1-4H3,(H,19,24)(H,20,27)(H,21,28)(H,22,23)(H,25,26). The number of carboxylic acids is 1. The van der Waals surface area contributed by atoms with Crippen LogP contribution >= 0.6 is 0 Å². The summed E-state index contributed by atoms with van der Waals surface area (Å²) in [5.41, 5.74) is 5.26. The first-order valence-electron chi connectivity index (χ1n) is 9.03. The smallest absolute Gasteiger partial charge is 0.322 e. The first kappa shape index (κ1) is 25.3. The normalized spacial score (nSPS) is 12.8. The highest BCUT2D eigenvalue weighted by atomic mass is 16.4. The summed E-state index contributed by atoms with van der Waals surface area (Å²) in [6, 6.07) is -1.78. The molecule has 160 valence electrons. The average molecular weight is 401 g/mol. The Morgan fingerprint density at radius 2 is 1.46 bits per heavy atom. The number of carboxylic acid groups (broad SMARTS) is 1. The number of carbonyl (C=O) groups is 5. The largest absolute Gasteiger partial charge is 0.480 e. The van der Waals surface area contributed by atoms with E-state index in [4.69, 9.17) is 10.8 Å². The Labute approximate surface area is 164 Å². The van der Waals surface area contributed by atoms with Crippen LogP contribution in [0.15, 0.2) is 0 Å². The van der Waals surface area contributed by atoms with Gasteiger partial charge < -0.3 is 32.1 Å². The molecule has 0 aliphatic carbocycles. The summed E-state index contributed by atoms with van der Waals surface area (Å²) in [4.78, 5) is 58.4. The highest BCUT2D eigenvalue weighted by Gasteiger charge is 2.29. The van der Waals surface area contributed by atoms with E-state index in [0.29, 0.717) is 6.42 Å². The quantitative estimate of drug-likeness (QED) is 0.217. The van der Waals surface area contributed by atoms with Crippen LogP contribution in [0.2, 0.25) is 0 Å². The fourth-order valence-electron chi connectivity index (χ4n) is 2.26. The first-order valence-corrected chi connectivity index (χ1v) is 9.03. The molecule has 0 fully saturated rings. The third-order valence-corrected chi connectivity index (χ3v) is 3.65. The molecule has 7 N–H and O–H groups in total. The van der Waals surface area contributed by atoms with Gasteiger partial charge in [-0.3, -0.25) is 24.0 Å². The summed E-state index contributed by atoms with van der Waals surface area (Å²) in [5.74, 6) is -3.65. The van der Waals surface area contributed by atoms with Gasteiger partial charge in [-0.2, -0.15) is 0 Å². The van der Waals surface area contributed by atoms with Crippen LogP contribution < -0.4 is 27.0 Å². The van der Waals surface area contributed by atoms with Gasteiger partial charge in [-0.15, -0.1) is 0 Å². The van der Waals surface area contributed by atoms with Gasteiger partial charge in [0.2, 0.25) is 23.6 Å². The van der Waals surface area contributed by atoms with Crippen LogP contribution in [0.25, 0.3) is 0 Å². The Morgan fingerprint density at radius 1 is 0.857 bits per heavy atom. The number of nitrogens with two attached hydrogens (primary N) is 1. The molecule has 0 aromatic rings. The molecule has 2 unspecified atom stereocenters. The molecule has 28 heavy (non-hydrogen) atoms. The molecule has 0 aromatic carbocycles. The van der Waals surface area contributed by atoms with Crippen LogP contribution in [0, 0.1) is 11.8 Å². The van der Waals surface area contributed by atoms with Gasteiger partial charge in [0.25, 0.3) is 0 Å². The highest BCUT2D eigenvalue weighted by Crippen LogP contribution is 2.08. The van der Waals surface area contributed by atoms with Crippen molar-refractivity contribution in [3.63, 3.8) is 0 Å². The third kappa shape index (κ3) is 10.5. The Morgan fingerprint density at radius 3 is 1.93 bits per heavy atom. The van der Waals surface area contributed by atoms with E-state index in [1.807, 2.05) is 13.8 Å². The van der Waals surface area contributed by atoms with Gasteiger partial charge >= 0.3 is 5.97 Å². The van der Waals surface area contributed by atoms with Crippen LogP contribution in [0.3, 0.4) is 0 Å². The van der Waals surface area contributed by atoms with E-state index >= 15 is 0 Å². The van der Waals surface area contributed by atoms with Crippen molar-refractivity contribution in [2.24, 2.45) is 17.6 Å². The van der Waals surface area contributed by atoms with Crippen LogP contribution in [0.1, 0.15) is 34.1 Å². The number of carbonyl (C=O) groups excluding carboxylic acids is 4. The molecule has 2 atom stereocenters. The molecule has 0 radical (unpaired) electrons.